The molecule has 0 saturated heterocycles. The van der Waals surface area contributed by atoms with Gasteiger partial charge in [-0.25, -0.2) is 0 Å². The largest absolute Gasteiger partial charge is 0.295 e. The van der Waals surface area contributed by atoms with Gasteiger partial charge in [-0.15, -0.1) is 0 Å². The molecule has 1 aliphatic rings. The molecule has 0 radical (unpaired) electrons. The zero-order valence-electron chi connectivity index (χ0n) is 15.8. The van der Waals surface area contributed by atoms with E-state index in [9.17, 15) is 4.79 Å². The third kappa shape index (κ3) is 2.93. The van der Waals surface area contributed by atoms with Crippen LogP contribution in [-0.2, 0) is 0 Å². The van der Waals surface area contributed by atoms with Crippen molar-refractivity contribution in [3.63, 3.8) is 0 Å². The van der Waals surface area contributed by atoms with Crippen LogP contribution in [0.2, 0.25) is 5.02 Å². The highest BCUT2D eigenvalue weighted by molar-refractivity contribution is 6.30. The summed E-state index contributed by atoms with van der Waals surface area (Å²) in [7, 11) is 0. The summed E-state index contributed by atoms with van der Waals surface area (Å²) in [5, 5.41) is 8.15. The molecule has 0 saturated carbocycles. The highest BCUT2D eigenvalue weighted by Crippen LogP contribution is 2.45. The number of hydrogen-bond donors (Lipinski definition) is 1. The second kappa shape index (κ2) is 6.90. The minimum Gasteiger partial charge on any atom is -0.295 e. The summed E-state index contributed by atoms with van der Waals surface area (Å²) in [5.74, 6) is -0.0847. The molecule has 1 aromatic heterocycles. The molecule has 29 heavy (non-hydrogen) atoms. The van der Waals surface area contributed by atoms with Crippen LogP contribution in [0.15, 0.2) is 78.9 Å². The monoisotopic (exact) mass is 399 g/mol. The van der Waals surface area contributed by atoms with Crippen LogP contribution in [0.3, 0.4) is 0 Å². The predicted octanol–water partition coefficient (Wildman–Crippen LogP) is 5.79. The van der Waals surface area contributed by atoms with Gasteiger partial charge in [-0.2, -0.15) is 5.10 Å². The molecule has 4 nitrogen and oxygen atoms in total. The molecular weight excluding hydrogens is 382 g/mol. The van der Waals surface area contributed by atoms with E-state index in [-0.39, 0.29) is 11.9 Å². The molecule has 0 aliphatic carbocycles. The van der Waals surface area contributed by atoms with Crippen molar-refractivity contribution in [3.05, 3.63) is 106 Å². The van der Waals surface area contributed by atoms with Crippen molar-refractivity contribution in [1.29, 1.82) is 0 Å². The van der Waals surface area contributed by atoms with E-state index in [0.717, 1.165) is 33.6 Å². The van der Waals surface area contributed by atoms with Crippen LogP contribution in [0, 0.1) is 6.92 Å². The van der Waals surface area contributed by atoms with E-state index >= 15 is 0 Å². The van der Waals surface area contributed by atoms with E-state index < -0.39 is 0 Å². The molecule has 0 spiro atoms. The number of rotatable bonds is 3. The summed E-state index contributed by atoms with van der Waals surface area (Å²) in [6.45, 7) is 2.03. The second-order valence-corrected chi connectivity index (χ2v) is 7.63. The van der Waals surface area contributed by atoms with Gasteiger partial charge < -0.3 is 0 Å². The molecule has 2 heterocycles. The molecule has 1 atom stereocenters. The second-order valence-electron chi connectivity index (χ2n) is 7.19. The number of aryl methyl sites for hydroxylation is 1. The SMILES string of the molecule is Cc1ccc(N2C(=O)c3[nH]nc(-c4ccccc4)c3C2c2ccc(Cl)cc2)cc1. The van der Waals surface area contributed by atoms with E-state index in [1.807, 2.05) is 90.7 Å². The molecule has 1 unspecified atom stereocenters. The average Bonchev–Trinajstić information content (AvgIpc) is 3.29. The number of fused-ring (bicyclic) bond motifs is 1. The Labute approximate surface area is 173 Å². The van der Waals surface area contributed by atoms with Gasteiger partial charge in [-0.05, 0) is 36.8 Å². The molecule has 0 fully saturated rings. The van der Waals surface area contributed by atoms with Gasteiger partial charge in [0.15, 0.2) is 0 Å². The van der Waals surface area contributed by atoms with Crippen molar-refractivity contribution in [1.82, 2.24) is 10.2 Å². The maximum atomic E-state index is 13.4. The van der Waals surface area contributed by atoms with Crippen LogP contribution >= 0.6 is 11.6 Å². The number of carbonyl (C=O) groups is 1. The number of carbonyl (C=O) groups excluding carboxylic acids is 1. The number of amides is 1. The Morgan fingerprint density at radius 2 is 1.62 bits per heavy atom. The first-order valence-electron chi connectivity index (χ1n) is 9.43. The van der Waals surface area contributed by atoms with Gasteiger partial charge in [0.05, 0.1) is 11.7 Å². The van der Waals surface area contributed by atoms with Crippen molar-refractivity contribution in [2.75, 3.05) is 4.90 Å². The van der Waals surface area contributed by atoms with E-state index in [0.29, 0.717) is 10.7 Å². The molecule has 3 aromatic carbocycles. The van der Waals surface area contributed by atoms with Crippen LogP contribution in [0.1, 0.15) is 33.2 Å². The molecule has 1 aliphatic heterocycles. The predicted molar refractivity (Wildman–Crippen MR) is 115 cm³/mol. The number of anilines is 1. The summed E-state index contributed by atoms with van der Waals surface area (Å²) in [6.07, 6.45) is 0. The number of aromatic amines is 1. The van der Waals surface area contributed by atoms with E-state index in [4.69, 9.17) is 11.6 Å². The van der Waals surface area contributed by atoms with Gasteiger partial charge in [0.2, 0.25) is 0 Å². The maximum Gasteiger partial charge on any atom is 0.277 e. The Kier molecular flexibility index (Phi) is 4.22. The molecule has 0 bridgehead atoms. The molecule has 142 valence electrons. The number of nitrogens with one attached hydrogen (secondary N) is 1. The Morgan fingerprint density at radius 3 is 2.31 bits per heavy atom. The summed E-state index contributed by atoms with van der Waals surface area (Å²) < 4.78 is 0. The molecule has 1 amide bonds. The Bertz CT molecular complexity index is 1180. The van der Waals surface area contributed by atoms with E-state index in [1.165, 1.54) is 0 Å². The zero-order chi connectivity index (χ0) is 20.0. The topological polar surface area (TPSA) is 49.0 Å². The Balaban J connectivity index is 1.72. The first-order chi connectivity index (χ1) is 14.1. The van der Waals surface area contributed by atoms with Gasteiger partial charge in [0.25, 0.3) is 5.91 Å². The van der Waals surface area contributed by atoms with Crippen LogP contribution in [0.4, 0.5) is 5.69 Å². The fourth-order valence-corrected chi connectivity index (χ4v) is 4.02. The number of nitrogens with zero attached hydrogens (tertiary/aromatic N) is 2. The van der Waals surface area contributed by atoms with Gasteiger partial charge in [-0.3, -0.25) is 14.8 Å². The lowest BCUT2D eigenvalue weighted by Gasteiger charge is -2.26. The standard InChI is InChI=1S/C24H18ClN3O/c1-15-7-13-19(14-8-15)28-23(17-9-11-18(25)12-10-17)20-21(16-5-3-2-4-6-16)26-27-22(20)24(28)29/h2-14,23H,1H3,(H,26,27). The van der Waals surface area contributed by atoms with Crippen molar-refractivity contribution in [2.24, 2.45) is 0 Å². The lowest BCUT2D eigenvalue weighted by molar-refractivity contribution is 0.0989. The van der Waals surface area contributed by atoms with Crippen molar-refractivity contribution in [2.45, 2.75) is 13.0 Å². The van der Waals surface area contributed by atoms with Crippen LogP contribution in [-0.4, -0.2) is 16.1 Å². The number of hydrogen-bond acceptors (Lipinski definition) is 2. The number of aromatic nitrogens is 2. The van der Waals surface area contributed by atoms with Crippen molar-refractivity contribution in [3.8, 4) is 11.3 Å². The van der Waals surface area contributed by atoms with Gasteiger partial charge >= 0.3 is 0 Å². The van der Waals surface area contributed by atoms with Crippen LogP contribution in [0.25, 0.3) is 11.3 Å². The average molecular weight is 400 g/mol. The smallest absolute Gasteiger partial charge is 0.277 e. The summed E-state index contributed by atoms with van der Waals surface area (Å²) in [5.41, 5.74) is 6.18. The summed E-state index contributed by atoms with van der Waals surface area (Å²) >= 11 is 6.13. The quantitative estimate of drug-likeness (QED) is 0.474. The first kappa shape index (κ1) is 17.7. The first-order valence-corrected chi connectivity index (χ1v) is 9.80. The van der Waals surface area contributed by atoms with Crippen molar-refractivity contribution >= 4 is 23.2 Å². The van der Waals surface area contributed by atoms with E-state index in [1.54, 1.807) is 0 Å². The molecular formula is C24H18ClN3O. The fraction of sp³-hybridized carbons (Fsp3) is 0.0833. The van der Waals surface area contributed by atoms with Gasteiger partial charge in [-0.1, -0.05) is 71.8 Å². The van der Waals surface area contributed by atoms with Gasteiger partial charge in [0, 0.05) is 21.8 Å². The molecule has 5 heteroatoms. The molecule has 4 aromatic rings. The third-order valence-electron chi connectivity index (χ3n) is 5.31. The fourth-order valence-electron chi connectivity index (χ4n) is 3.90. The normalized spacial score (nSPS) is 15.6. The molecule has 1 N–H and O–H groups in total. The minimum atomic E-state index is -0.286. The maximum absolute atomic E-state index is 13.4. The van der Waals surface area contributed by atoms with E-state index in [2.05, 4.69) is 10.2 Å². The lowest BCUT2D eigenvalue weighted by Crippen LogP contribution is -2.29. The minimum absolute atomic E-state index is 0.0847. The Hall–Kier alpha value is -3.37. The zero-order valence-corrected chi connectivity index (χ0v) is 16.5. The number of halogens is 1. The molecule has 5 rings (SSSR count). The lowest BCUT2D eigenvalue weighted by atomic mass is 9.96. The van der Waals surface area contributed by atoms with Gasteiger partial charge in [0.1, 0.15) is 5.69 Å². The van der Waals surface area contributed by atoms with Crippen molar-refractivity contribution < 1.29 is 4.79 Å². The highest BCUT2D eigenvalue weighted by atomic mass is 35.5. The highest BCUT2D eigenvalue weighted by Gasteiger charge is 2.43. The summed E-state index contributed by atoms with van der Waals surface area (Å²) in [6, 6.07) is 25.3. The third-order valence-corrected chi connectivity index (χ3v) is 5.57. The Morgan fingerprint density at radius 1 is 0.931 bits per heavy atom. The number of benzene rings is 3. The number of H-pyrrole nitrogens is 1. The van der Waals surface area contributed by atoms with Crippen LogP contribution in [0.5, 0.6) is 0 Å². The summed E-state index contributed by atoms with van der Waals surface area (Å²) in [4.78, 5) is 15.2. The van der Waals surface area contributed by atoms with Crippen LogP contribution < -0.4 is 4.90 Å².